The summed E-state index contributed by atoms with van der Waals surface area (Å²) in [5.74, 6) is 3.49. The minimum Gasteiger partial charge on any atom is -0.303 e. The van der Waals surface area contributed by atoms with Crippen molar-refractivity contribution in [2.45, 2.75) is 170 Å². The first-order chi connectivity index (χ1) is 16.3. The zero-order valence-corrected chi connectivity index (χ0v) is 25.3. The average Bonchev–Trinajstić information content (AvgIpc) is 2.76. The molecule has 206 valence electrons. The molecule has 0 aromatic carbocycles. The van der Waals surface area contributed by atoms with Crippen LogP contribution >= 0.6 is 0 Å². The largest absolute Gasteiger partial charge is 0.303 e. The lowest BCUT2D eigenvalue weighted by molar-refractivity contribution is 0.197. The van der Waals surface area contributed by atoms with Crippen molar-refractivity contribution in [2.24, 2.45) is 23.7 Å². The Hall–Kier alpha value is -0.0400. The van der Waals surface area contributed by atoms with Gasteiger partial charge in [0, 0.05) is 13.1 Å². The molecule has 0 aliphatic rings. The van der Waals surface area contributed by atoms with Crippen molar-refractivity contribution in [2.75, 3.05) is 19.6 Å². The van der Waals surface area contributed by atoms with Gasteiger partial charge < -0.3 is 4.90 Å². The Kier molecular flexibility index (Phi) is 24.6. The predicted octanol–water partition coefficient (Wildman–Crippen LogP) is 11.3. The predicted molar refractivity (Wildman–Crippen MR) is 158 cm³/mol. The molecular formula is C33H69N. The third-order valence-electron chi connectivity index (χ3n) is 7.64. The molecule has 1 nitrogen and oxygen atoms in total. The van der Waals surface area contributed by atoms with E-state index in [4.69, 9.17) is 0 Å². The number of nitrogens with zero attached hydrogens (tertiary/aromatic N) is 1. The Morgan fingerprint density at radius 2 is 0.706 bits per heavy atom. The van der Waals surface area contributed by atoms with Crippen molar-refractivity contribution in [1.29, 1.82) is 0 Å². The lowest BCUT2D eigenvalue weighted by atomic mass is 9.98. The fourth-order valence-corrected chi connectivity index (χ4v) is 5.50. The molecule has 0 amide bonds. The Morgan fingerprint density at radius 3 is 1.00 bits per heavy atom. The van der Waals surface area contributed by atoms with Gasteiger partial charge in [0.25, 0.3) is 0 Å². The van der Waals surface area contributed by atoms with E-state index < -0.39 is 0 Å². The Labute approximate surface area is 218 Å². The molecule has 0 aromatic rings. The zero-order valence-electron chi connectivity index (χ0n) is 25.3. The maximum absolute atomic E-state index is 2.79. The molecule has 34 heavy (non-hydrogen) atoms. The van der Waals surface area contributed by atoms with E-state index in [-0.39, 0.29) is 0 Å². The van der Waals surface area contributed by atoms with Crippen molar-refractivity contribution in [3.05, 3.63) is 0 Å². The van der Waals surface area contributed by atoms with Crippen molar-refractivity contribution >= 4 is 0 Å². The van der Waals surface area contributed by atoms with E-state index in [1.807, 2.05) is 0 Å². The molecule has 0 rings (SSSR count). The summed E-state index contributed by atoms with van der Waals surface area (Å²) in [5, 5.41) is 0. The van der Waals surface area contributed by atoms with Crippen LogP contribution in [0.25, 0.3) is 0 Å². The molecule has 2 unspecified atom stereocenters. The molecule has 1 heteroatoms. The van der Waals surface area contributed by atoms with Crippen LogP contribution in [-0.2, 0) is 0 Å². The average molecular weight is 480 g/mol. The Balaban J connectivity index is 3.75. The third-order valence-corrected chi connectivity index (χ3v) is 7.64. The molecule has 0 aliphatic heterocycles. The normalized spacial score (nSPS) is 13.9. The first-order valence-corrected chi connectivity index (χ1v) is 16.1. The summed E-state index contributed by atoms with van der Waals surface area (Å²) < 4.78 is 0. The molecule has 0 bridgehead atoms. The maximum Gasteiger partial charge on any atom is 0.000713 e. The quantitative estimate of drug-likeness (QED) is 0.111. The summed E-state index contributed by atoms with van der Waals surface area (Å²) in [7, 11) is 0. The number of unbranched alkanes of at least 4 members (excludes halogenated alkanes) is 12. The summed E-state index contributed by atoms with van der Waals surface area (Å²) in [6.07, 6.45) is 27.4. The van der Waals surface area contributed by atoms with Gasteiger partial charge in [-0.2, -0.15) is 0 Å². The van der Waals surface area contributed by atoms with Crippen molar-refractivity contribution in [1.82, 2.24) is 4.90 Å². The maximum atomic E-state index is 2.79. The Morgan fingerprint density at radius 1 is 0.412 bits per heavy atom. The summed E-state index contributed by atoms with van der Waals surface area (Å²) in [4.78, 5) is 2.79. The smallest absolute Gasteiger partial charge is 0.000713 e. The van der Waals surface area contributed by atoms with E-state index >= 15 is 0 Å². The molecule has 0 N–H and O–H groups in total. The Bertz CT molecular complexity index is 354. The molecule has 0 aromatic heterocycles. The van der Waals surface area contributed by atoms with E-state index in [2.05, 4.69) is 53.4 Å². The minimum absolute atomic E-state index is 0.862. The molecule has 0 spiro atoms. The second-order valence-corrected chi connectivity index (χ2v) is 12.9. The van der Waals surface area contributed by atoms with Crippen LogP contribution in [0, 0.1) is 23.7 Å². The second kappa shape index (κ2) is 24.6. The summed E-state index contributed by atoms with van der Waals surface area (Å²) in [6.45, 7) is 20.7. The van der Waals surface area contributed by atoms with E-state index in [1.165, 1.54) is 142 Å². The van der Waals surface area contributed by atoms with Gasteiger partial charge in [-0.15, -0.1) is 0 Å². The van der Waals surface area contributed by atoms with E-state index in [9.17, 15) is 0 Å². The first-order valence-electron chi connectivity index (χ1n) is 16.1. The molecule has 2 atom stereocenters. The van der Waals surface area contributed by atoms with Crippen LogP contribution in [0.15, 0.2) is 0 Å². The fourth-order valence-electron chi connectivity index (χ4n) is 5.50. The lowest BCUT2D eigenvalue weighted by Crippen LogP contribution is -2.33. The number of hydrogen-bond acceptors (Lipinski definition) is 1. The molecule has 0 radical (unpaired) electrons. The van der Waals surface area contributed by atoms with Crippen LogP contribution in [0.5, 0.6) is 0 Å². The highest BCUT2D eigenvalue weighted by Gasteiger charge is 2.13. The van der Waals surface area contributed by atoms with Crippen molar-refractivity contribution in [3.8, 4) is 0 Å². The monoisotopic (exact) mass is 480 g/mol. The van der Waals surface area contributed by atoms with Gasteiger partial charge >= 0.3 is 0 Å². The topological polar surface area (TPSA) is 3.24 Å². The van der Waals surface area contributed by atoms with Gasteiger partial charge in [-0.1, -0.05) is 151 Å². The van der Waals surface area contributed by atoms with E-state index in [1.54, 1.807) is 0 Å². The molecule has 0 saturated heterocycles. The highest BCUT2D eigenvalue weighted by Crippen LogP contribution is 2.18. The zero-order chi connectivity index (χ0) is 25.4. The summed E-state index contributed by atoms with van der Waals surface area (Å²) >= 11 is 0. The first kappa shape index (κ1) is 34.0. The van der Waals surface area contributed by atoms with Crippen LogP contribution in [0.4, 0.5) is 0 Å². The summed E-state index contributed by atoms with van der Waals surface area (Å²) in [5.41, 5.74) is 0. The summed E-state index contributed by atoms with van der Waals surface area (Å²) in [6, 6.07) is 0. The molecule has 0 heterocycles. The van der Waals surface area contributed by atoms with Crippen LogP contribution in [0.1, 0.15) is 170 Å². The highest BCUT2D eigenvalue weighted by molar-refractivity contribution is 4.67. The van der Waals surface area contributed by atoms with Crippen molar-refractivity contribution < 1.29 is 0 Å². The van der Waals surface area contributed by atoms with Gasteiger partial charge in [0.1, 0.15) is 0 Å². The molecule has 0 aliphatic carbocycles. The van der Waals surface area contributed by atoms with Crippen molar-refractivity contribution in [3.63, 3.8) is 0 Å². The van der Waals surface area contributed by atoms with Gasteiger partial charge in [0.15, 0.2) is 0 Å². The van der Waals surface area contributed by atoms with E-state index in [0.29, 0.717) is 0 Å². The molecule has 0 fully saturated rings. The van der Waals surface area contributed by atoms with Crippen LogP contribution in [0.3, 0.4) is 0 Å². The fraction of sp³-hybridized carbons (Fsp3) is 1.00. The van der Waals surface area contributed by atoms with Crippen LogP contribution < -0.4 is 0 Å². The lowest BCUT2D eigenvalue weighted by Gasteiger charge is -2.28. The van der Waals surface area contributed by atoms with Gasteiger partial charge in [-0.3, -0.25) is 0 Å². The third kappa shape index (κ3) is 25.1. The molecular weight excluding hydrogens is 410 g/mol. The highest BCUT2D eigenvalue weighted by atomic mass is 15.1. The second-order valence-electron chi connectivity index (χ2n) is 12.9. The number of hydrogen-bond donors (Lipinski definition) is 0. The number of rotatable bonds is 26. The van der Waals surface area contributed by atoms with Gasteiger partial charge in [-0.05, 0) is 49.5 Å². The standard InChI is InChI=1S/C33H69N/c1-8-27-34(28-32(6)25-21-17-13-9-11-15-19-23-30(2)3)29-33(7)26-22-18-14-10-12-16-20-24-31(4)5/h30-33H,8-29H2,1-7H3. The SMILES string of the molecule is CCCN(CC(C)CCCCCCCCCC(C)C)CC(C)CCCCCCCCCC(C)C. The van der Waals surface area contributed by atoms with Gasteiger partial charge in [0.05, 0.1) is 0 Å². The molecule has 0 saturated carbocycles. The van der Waals surface area contributed by atoms with E-state index in [0.717, 1.165) is 23.7 Å². The van der Waals surface area contributed by atoms with Gasteiger partial charge in [-0.25, -0.2) is 0 Å². The minimum atomic E-state index is 0.862. The van der Waals surface area contributed by atoms with Gasteiger partial charge in [0.2, 0.25) is 0 Å². The van der Waals surface area contributed by atoms with Crippen LogP contribution in [-0.4, -0.2) is 24.5 Å². The van der Waals surface area contributed by atoms with Crippen LogP contribution in [0.2, 0.25) is 0 Å².